The van der Waals surface area contributed by atoms with Gasteiger partial charge in [-0.15, -0.1) is 0 Å². The minimum atomic E-state index is -0.566. The number of benzene rings is 1. The number of nitro groups is 1. The van der Waals surface area contributed by atoms with Crippen molar-refractivity contribution in [2.75, 3.05) is 17.7 Å². The van der Waals surface area contributed by atoms with Crippen LogP contribution in [-0.4, -0.2) is 17.0 Å². The predicted octanol–water partition coefficient (Wildman–Crippen LogP) is 3.57. The second-order valence-corrected chi connectivity index (χ2v) is 4.23. The van der Waals surface area contributed by atoms with E-state index >= 15 is 0 Å². The zero-order chi connectivity index (χ0) is 14.7. The molecule has 2 aromatic rings. The average Bonchev–Trinajstić information content (AvgIpc) is 2.42. The van der Waals surface area contributed by atoms with Crippen LogP contribution in [0.15, 0.2) is 30.3 Å². The molecule has 2 rings (SSSR count). The van der Waals surface area contributed by atoms with Crippen LogP contribution in [0.1, 0.15) is 0 Å². The second-order valence-electron chi connectivity index (χ2n) is 3.83. The van der Waals surface area contributed by atoms with Gasteiger partial charge in [0.15, 0.2) is 0 Å². The van der Waals surface area contributed by atoms with Crippen LogP contribution in [0.4, 0.5) is 27.4 Å². The smallest absolute Gasteiger partial charge is 0.311 e. The number of rotatable bonds is 4. The van der Waals surface area contributed by atoms with Crippen LogP contribution in [0.25, 0.3) is 0 Å². The quantitative estimate of drug-likeness (QED) is 0.666. The molecule has 1 aromatic carbocycles. The van der Waals surface area contributed by atoms with Gasteiger partial charge in [-0.25, -0.2) is 9.37 Å². The Balaban J connectivity index is 2.40. The summed E-state index contributed by atoms with van der Waals surface area (Å²) in [5.41, 5.74) is 0.213. The van der Waals surface area contributed by atoms with Crippen molar-refractivity contribution >= 4 is 34.6 Å². The Morgan fingerprint density at radius 2 is 2.10 bits per heavy atom. The van der Waals surface area contributed by atoms with Crippen LogP contribution in [-0.2, 0) is 0 Å². The molecule has 20 heavy (non-hydrogen) atoms. The predicted molar refractivity (Wildman–Crippen MR) is 75.1 cm³/mol. The SMILES string of the molecule is CNc1ccc([N+](=O)[O-])c(Nc2ccc(F)c(Cl)c2)n1. The van der Waals surface area contributed by atoms with Gasteiger partial charge in [0.05, 0.1) is 9.95 Å². The molecule has 0 amide bonds. The van der Waals surface area contributed by atoms with Crippen molar-refractivity contribution in [1.82, 2.24) is 4.98 Å². The van der Waals surface area contributed by atoms with E-state index in [1.165, 1.54) is 30.3 Å². The van der Waals surface area contributed by atoms with Gasteiger partial charge >= 0.3 is 5.69 Å². The molecule has 6 nitrogen and oxygen atoms in total. The van der Waals surface area contributed by atoms with E-state index in [9.17, 15) is 14.5 Å². The Labute approximate surface area is 118 Å². The highest BCUT2D eigenvalue weighted by molar-refractivity contribution is 6.31. The maximum absolute atomic E-state index is 13.1. The van der Waals surface area contributed by atoms with Crippen LogP contribution in [0.3, 0.4) is 0 Å². The average molecular weight is 297 g/mol. The first-order valence-corrected chi connectivity index (χ1v) is 5.94. The molecule has 1 aromatic heterocycles. The van der Waals surface area contributed by atoms with Gasteiger partial charge in [-0.3, -0.25) is 10.1 Å². The minimum absolute atomic E-state index is 0.0459. The normalized spacial score (nSPS) is 10.2. The topological polar surface area (TPSA) is 80.1 Å². The molecule has 8 heteroatoms. The molecule has 0 unspecified atom stereocenters. The van der Waals surface area contributed by atoms with Gasteiger partial charge in [0.1, 0.15) is 11.6 Å². The third-order valence-corrected chi connectivity index (χ3v) is 2.80. The van der Waals surface area contributed by atoms with Crippen LogP contribution >= 0.6 is 11.6 Å². The second kappa shape index (κ2) is 5.70. The van der Waals surface area contributed by atoms with E-state index in [2.05, 4.69) is 15.6 Å². The lowest BCUT2D eigenvalue weighted by molar-refractivity contribution is -0.384. The summed E-state index contributed by atoms with van der Waals surface area (Å²) >= 11 is 5.66. The highest BCUT2D eigenvalue weighted by atomic mass is 35.5. The lowest BCUT2D eigenvalue weighted by Gasteiger charge is -2.08. The Hall–Kier alpha value is -2.41. The number of nitrogens with zero attached hydrogens (tertiary/aromatic N) is 2. The highest BCUT2D eigenvalue weighted by Gasteiger charge is 2.16. The number of pyridine rings is 1. The molecule has 0 saturated carbocycles. The van der Waals surface area contributed by atoms with Crippen LogP contribution < -0.4 is 10.6 Å². The molecule has 0 bridgehead atoms. The van der Waals surface area contributed by atoms with Gasteiger partial charge in [-0.2, -0.15) is 0 Å². The van der Waals surface area contributed by atoms with Crippen molar-refractivity contribution in [3.63, 3.8) is 0 Å². The minimum Gasteiger partial charge on any atom is -0.373 e. The molecular weight excluding hydrogens is 287 g/mol. The van der Waals surface area contributed by atoms with Crippen LogP contribution in [0, 0.1) is 15.9 Å². The first-order valence-electron chi connectivity index (χ1n) is 5.56. The van der Waals surface area contributed by atoms with E-state index in [0.717, 1.165) is 0 Å². The summed E-state index contributed by atoms with van der Waals surface area (Å²) in [7, 11) is 1.65. The zero-order valence-corrected chi connectivity index (χ0v) is 11.1. The number of anilines is 3. The van der Waals surface area contributed by atoms with Crippen molar-refractivity contribution in [2.45, 2.75) is 0 Å². The molecule has 0 saturated heterocycles. The van der Waals surface area contributed by atoms with E-state index in [1.54, 1.807) is 7.05 Å². The van der Waals surface area contributed by atoms with Gasteiger partial charge in [0.2, 0.25) is 5.82 Å². The third kappa shape index (κ3) is 2.94. The summed E-state index contributed by atoms with van der Waals surface area (Å²) in [5, 5.41) is 16.4. The fourth-order valence-corrected chi connectivity index (χ4v) is 1.72. The molecule has 0 atom stereocenters. The Morgan fingerprint density at radius 1 is 1.35 bits per heavy atom. The van der Waals surface area contributed by atoms with E-state index in [-0.39, 0.29) is 16.5 Å². The summed E-state index contributed by atoms with van der Waals surface area (Å²) in [4.78, 5) is 14.5. The van der Waals surface area contributed by atoms with Gasteiger partial charge < -0.3 is 10.6 Å². The van der Waals surface area contributed by atoms with Gasteiger partial charge in [-0.05, 0) is 24.3 Å². The van der Waals surface area contributed by atoms with E-state index in [1.807, 2.05) is 0 Å². The van der Waals surface area contributed by atoms with Crippen molar-refractivity contribution in [3.8, 4) is 0 Å². The van der Waals surface area contributed by atoms with Gasteiger partial charge in [0, 0.05) is 18.8 Å². The van der Waals surface area contributed by atoms with Gasteiger partial charge in [0.25, 0.3) is 0 Å². The largest absolute Gasteiger partial charge is 0.373 e. The molecule has 104 valence electrons. The lowest BCUT2D eigenvalue weighted by Crippen LogP contribution is -2.02. The maximum Gasteiger partial charge on any atom is 0.311 e. The molecular formula is C12H10ClFN4O2. The highest BCUT2D eigenvalue weighted by Crippen LogP contribution is 2.28. The Bertz CT molecular complexity index is 666. The van der Waals surface area contributed by atoms with Crippen LogP contribution in [0.2, 0.25) is 5.02 Å². The number of aromatic nitrogens is 1. The molecule has 0 radical (unpaired) electrons. The molecule has 2 N–H and O–H groups in total. The van der Waals surface area contributed by atoms with Crippen molar-refractivity contribution in [1.29, 1.82) is 0 Å². The molecule has 0 aliphatic carbocycles. The molecule has 0 aliphatic rings. The molecule has 0 spiro atoms. The number of nitrogens with one attached hydrogen (secondary N) is 2. The van der Waals surface area contributed by atoms with Crippen molar-refractivity contribution in [2.24, 2.45) is 0 Å². The zero-order valence-electron chi connectivity index (χ0n) is 10.4. The molecule has 0 aliphatic heterocycles. The Morgan fingerprint density at radius 3 is 2.70 bits per heavy atom. The van der Waals surface area contributed by atoms with Crippen molar-refractivity contribution in [3.05, 3.63) is 51.3 Å². The first-order chi connectivity index (χ1) is 9.51. The monoisotopic (exact) mass is 296 g/mol. The third-order valence-electron chi connectivity index (χ3n) is 2.51. The number of halogens is 2. The summed E-state index contributed by atoms with van der Waals surface area (Å²) in [5.74, 6) is -0.0560. The lowest BCUT2D eigenvalue weighted by atomic mass is 10.3. The summed E-state index contributed by atoms with van der Waals surface area (Å²) in [6.45, 7) is 0. The maximum atomic E-state index is 13.1. The fraction of sp³-hybridized carbons (Fsp3) is 0.0833. The first kappa shape index (κ1) is 14.0. The van der Waals surface area contributed by atoms with Crippen molar-refractivity contribution < 1.29 is 9.31 Å². The Kier molecular flexibility index (Phi) is 3.99. The summed E-state index contributed by atoms with van der Waals surface area (Å²) in [6.07, 6.45) is 0. The molecule has 0 fully saturated rings. The fourth-order valence-electron chi connectivity index (χ4n) is 1.54. The molecule has 1 heterocycles. The standard InChI is InChI=1S/C12H10ClFN4O2/c1-15-11-5-4-10(18(19)20)12(17-11)16-7-2-3-9(14)8(13)6-7/h2-6H,1H3,(H2,15,16,17). The summed E-state index contributed by atoms with van der Waals surface area (Å²) in [6, 6.07) is 6.72. The van der Waals surface area contributed by atoms with E-state index < -0.39 is 10.7 Å². The number of hydrogen-bond donors (Lipinski definition) is 2. The summed E-state index contributed by atoms with van der Waals surface area (Å²) < 4.78 is 13.1. The van der Waals surface area contributed by atoms with Crippen LogP contribution in [0.5, 0.6) is 0 Å². The van der Waals surface area contributed by atoms with Gasteiger partial charge in [-0.1, -0.05) is 11.6 Å². The van der Waals surface area contributed by atoms with E-state index in [0.29, 0.717) is 11.5 Å². The number of hydrogen-bond acceptors (Lipinski definition) is 5. The van der Waals surface area contributed by atoms with E-state index in [4.69, 9.17) is 11.6 Å².